The fraction of sp³-hybridized carbons (Fsp3) is 0.278. The summed E-state index contributed by atoms with van der Waals surface area (Å²) in [5, 5.41) is 12.3. The Hall–Kier alpha value is -2.52. The van der Waals surface area contributed by atoms with Crippen molar-refractivity contribution in [1.82, 2.24) is 0 Å². The predicted octanol–water partition coefficient (Wildman–Crippen LogP) is 4.76. The van der Waals surface area contributed by atoms with E-state index in [1.807, 2.05) is 0 Å². The van der Waals surface area contributed by atoms with Gasteiger partial charge in [-0.25, -0.2) is 4.79 Å². The van der Waals surface area contributed by atoms with Gasteiger partial charge in [0.15, 0.2) is 11.5 Å². The van der Waals surface area contributed by atoms with Crippen molar-refractivity contribution >= 4 is 34.9 Å². The van der Waals surface area contributed by atoms with Crippen LogP contribution >= 0.6 is 23.2 Å². The maximum atomic E-state index is 14.4. The predicted molar refractivity (Wildman–Crippen MR) is 101 cm³/mol. The quantitative estimate of drug-likeness (QED) is 0.614. The molecule has 0 heterocycles. The van der Waals surface area contributed by atoms with Crippen LogP contribution in [0.2, 0.25) is 10.0 Å². The van der Waals surface area contributed by atoms with Crippen molar-refractivity contribution < 1.29 is 37.3 Å². The van der Waals surface area contributed by atoms with Crippen LogP contribution < -0.4 is 14.8 Å². The molecule has 0 aliphatic heterocycles. The zero-order valence-corrected chi connectivity index (χ0v) is 16.9. The second-order valence-electron chi connectivity index (χ2n) is 5.72. The molecule has 0 aliphatic carbocycles. The van der Waals surface area contributed by atoms with Gasteiger partial charge in [-0.1, -0.05) is 23.2 Å². The summed E-state index contributed by atoms with van der Waals surface area (Å²) >= 11 is 11.7. The molecule has 2 aromatic rings. The molecule has 0 aromatic heterocycles. The summed E-state index contributed by atoms with van der Waals surface area (Å²) in [6.07, 6.45) is -5.20. The number of aromatic hydroxyl groups is 1. The van der Waals surface area contributed by atoms with E-state index in [2.05, 4.69) is 10.1 Å². The van der Waals surface area contributed by atoms with E-state index < -0.39 is 29.0 Å². The summed E-state index contributed by atoms with van der Waals surface area (Å²) in [5.41, 5.74) is -4.18. The van der Waals surface area contributed by atoms with Crippen molar-refractivity contribution in [1.29, 1.82) is 0 Å². The fourth-order valence-corrected chi connectivity index (χ4v) is 2.94. The molecule has 11 heteroatoms. The van der Waals surface area contributed by atoms with E-state index in [4.69, 9.17) is 32.7 Å². The fourth-order valence-electron chi connectivity index (χ4n) is 2.64. The maximum Gasteiger partial charge on any atom is 0.426 e. The van der Waals surface area contributed by atoms with Gasteiger partial charge in [0.25, 0.3) is 5.54 Å². The lowest BCUT2D eigenvalue weighted by atomic mass is 9.87. The number of phenols is 1. The Balaban J connectivity index is 2.83. The molecule has 0 aliphatic rings. The lowest BCUT2D eigenvalue weighted by Gasteiger charge is -2.35. The van der Waals surface area contributed by atoms with Crippen LogP contribution in [0.1, 0.15) is 5.56 Å². The van der Waals surface area contributed by atoms with E-state index in [0.29, 0.717) is 0 Å². The molecule has 1 atom stereocenters. The molecule has 0 fully saturated rings. The highest BCUT2D eigenvalue weighted by Gasteiger charge is 2.63. The van der Waals surface area contributed by atoms with Crippen molar-refractivity contribution in [2.45, 2.75) is 11.7 Å². The molecule has 6 nitrogen and oxygen atoms in total. The van der Waals surface area contributed by atoms with Crippen LogP contribution in [0.5, 0.6) is 17.2 Å². The van der Waals surface area contributed by atoms with Gasteiger partial charge in [-0.2, -0.15) is 13.2 Å². The van der Waals surface area contributed by atoms with Gasteiger partial charge in [-0.15, -0.1) is 0 Å². The van der Waals surface area contributed by atoms with Crippen molar-refractivity contribution in [3.8, 4) is 17.2 Å². The Morgan fingerprint density at radius 1 is 1.00 bits per heavy atom. The van der Waals surface area contributed by atoms with Gasteiger partial charge in [0, 0.05) is 11.3 Å². The van der Waals surface area contributed by atoms with Crippen LogP contribution in [-0.4, -0.2) is 38.6 Å². The lowest BCUT2D eigenvalue weighted by molar-refractivity contribution is -0.201. The van der Waals surface area contributed by atoms with Gasteiger partial charge in [-0.05, 0) is 30.3 Å². The topological polar surface area (TPSA) is 77.0 Å². The highest BCUT2D eigenvalue weighted by Crippen LogP contribution is 2.48. The largest absolute Gasteiger partial charge is 0.502 e. The third-order valence-corrected chi connectivity index (χ3v) is 4.82. The average molecular weight is 454 g/mol. The summed E-state index contributed by atoms with van der Waals surface area (Å²) in [6.45, 7) is 0. The maximum absolute atomic E-state index is 14.4. The van der Waals surface area contributed by atoms with Crippen LogP contribution in [-0.2, 0) is 15.1 Å². The van der Waals surface area contributed by atoms with Gasteiger partial charge in [0.05, 0.1) is 31.4 Å². The zero-order chi connectivity index (χ0) is 22.0. The van der Waals surface area contributed by atoms with Gasteiger partial charge in [0.2, 0.25) is 5.75 Å². The van der Waals surface area contributed by atoms with E-state index in [9.17, 15) is 23.1 Å². The Kier molecular flexibility index (Phi) is 6.64. The summed E-state index contributed by atoms with van der Waals surface area (Å²) < 4.78 is 57.4. The Morgan fingerprint density at radius 3 is 1.97 bits per heavy atom. The lowest BCUT2D eigenvalue weighted by Crippen LogP contribution is -2.55. The van der Waals surface area contributed by atoms with Crippen LogP contribution in [0.4, 0.5) is 18.9 Å². The summed E-state index contributed by atoms with van der Waals surface area (Å²) in [7, 11) is 3.09. The third-order valence-electron chi connectivity index (χ3n) is 4.08. The molecule has 158 valence electrons. The molecule has 2 aromatic carbocycles. The minimum Gasteiger partial charge on any atom is -0.502 e. The Labute approximate surface area is 174 Å². The highest BCUT2D eigenvalue weighted by atomic mass is 35.5. The number of carbonyl (C=O) groups excluding carboxylic acids is 1. The molecule has 0 radical (unpaired) electrons. The number of ether oxygens (including phenoxy) is 3. The van der Waals surface area contributed by atoms with E-state index in [-0.39, 0.29) is 27.2 Å². The number of hydrogen-bond acceptors (Lipinski definition) is 6. The minimum atomic E-state index is -5.20. The summed E-state index contributed by atoms with van der Waals surface area (Å²) in [6, 6.07) is 5.32. The number of hydrogen-bond donors (Lipinski definition) is 2. The van der Waals surface area contributed by atoms with Crippen molar-refractivity contribution in [2.75, 3.05) is 26.6 Å². The minimum absolute atomic E-state index is 0.0292. The second-order valence-corrected chi connectivity index (χ2v) is 6.54. The van der Waals surface area contributed by atoms with E-state index in [1.54, 1.807) is 0 Å². The summed E-state index contributed by atoms with van der Waals surface area (Å²) in [4.78, 5) is 12.5. The number of methoxy groups -OCH3 is 3. The molecule has 29 heavy (non-hydrogen) atoms. The van der Waals surface area contributed by atoms with Gasteiger partial charge in [-0.3, -0.25) is 0 Å². The monoisotopic (exact) mass is 453 g/mol. The van der Waals surface area contributed by atoms with Gasteiger partial charge >= 0.3 is 12.1 Å². The first-order valence-electron chi connectivity index (χ1n) is 7.85. The number of carbonyl (C=O) groups is 1. The van der Waals surface area contributed by atoms with E-state index in [1.165, 1.54) is 12.1 Å². The number of anilines is 1. The molecule has 0 saturated carbocycles. The average Bonchev–Trinajstić information content (AvgIpc) is 2.67. The van der Waals surface area contributed by atoms with Crippen LogP contribution in [0.15, 0.2) is 30.3 Å². The van der Waals surface area contributed by atoms with Crippen LogP contribution in [0.3, 0.4) is 0 Å². The molecule has 2 N–H and O–H groups in total. The van der Waals surface area contributed by atoms with Crippen LogP contribution in [0, 0.1) is 0 Å². The number of rotatable bonds is 6. The third kappa shape index (κ3) is 4.11. The number of esters is 1. The highest BCUT2D eigenvalue weighted by molar-refractivity contribution is 6.42. The van der Waals surface area contributed by atoms with Crippen molar-refractivity contribution in [2.24, 2.45) is 0 Å². The Morgan fingerprint density at radius 2 is 1.55 bits per heavy atom. The SMILES string of the molecule is COC(=O)C(Nc1ccc(Cl)c(Cl)c1)(c1cc(OC)c(O)c(OC)c1)C(F)(F)F. The molecule has 0 spiro atoms. The number of nitrogens with one attached hydrogen (secondary N) is 1. The van der Waals surface area contributed by atoms with Gasteiger partial charge < -0.3 is 24.6 Å². The number of phenolic OH excluding ortho intramolecular Hbond substituents is 1. The molecule has 2 rings (SSSR count). The number of alkyl halides is 3. The first-order chi connectivity index (χ1) is 13.5. The molecular formula is C18H16Cl2F3NO5. The molecule has 0 bridgehead atoms. The molecule has 1 unspecified atom stereocenters. The molecule has 0 amide bonds. The van der Waals surface area contributed by atoms with Crippen LogP contribution in [0.25, 0.3) is 0 Å². The van der Waals surface area contributed by atoms with E-state index >= 15 is 0 Å². The smallest absolute Gasteiger partial charge is 0.426 e. The summed E-state index contributed by atoms with van der Waals surface area (Å²) in [5.74, 6) is -2.87. The zero-order valence-electron chi connectivity index (χ0n) is 15.4. The molecule has 0 saturated heterocycles. The number of halogens is 5. The number of benzene rings is 2. The first-order valence-corrected chi connectivity index (χ1v) is 8.61. The van der Waals surface area contributed by atoms with E-state index in [0.717, 1.165) is 39.5 Å². The first kappa shape index (κ1) is 22.8. The van der Waals surface area contributed by atoms with Gasteiger partial charge in [0.1, 0.15) is 0 Å². The van der Waals surface area contributed by atoms with Crippen molar-refractivity contribution in [3.63, 3.8) is 0 Å². The normalized spacial score (nSPS) is 13.4. The second kappa shape index (κ2) is 8.46. The Bertz CT molecular complexity index is 898. The standard InChI is InChI=1S/C18H16Cl2F3NO5/c1-27-13-6-9(7-14(28-2)15(13)25)17(16(26)29-3,18(21,22)23)24-10-4-5-11(19)12(20)8-10/h4-8,24-25H,1-3H3. The molecular weight excluding hydrogens is 438 g/mol. The van der Waals surface area contributed by atoms with Crippen molar-refractivity contribution in [3.05, 3.63) is 45.9 Å².